The number of unbranched alkanes of at least 4 members (excludes halogenated alkanes) is 1. The van der Waals surface area contributed by atoms with Crippen LogP contribution >= 0.6 is 23.1 Å². The lowest BCUT2D eigenvalue weighted by Crippen LogP contribution is -2.01. The van der Waals surface area contributed by atoms with Gasteiger partial charge in [0, 0.05) is 28.1 Å². The Bertz CT molecular complexity index is 427. The van der Waals surface area contributed by atoms with E-state index < -0.39 is 10.8 Å². The lowest BCUT2D eigenvalue weighted by molar-refractivity contribution is 0.683. The molecule has 3 nitrogen and oxygen atoms in total. The average molecular weight is 302 g/mol. The highest BCUT2D eigenvalue weighted by molar-refractivity contribution is 8.20. The number of thioether (sulfide) groups is 1. The molecule has 18 heavy (non-hydrogen) atoms. The fourth-order valence-corrected chi connectivity index (χ4v) is 4.17. The molecule has 100 valence electrons. The van der Waals surface area contributed by atoms with Crippen molar-refractivity contribution in [1.29, 1.82) is 0 Å². The van der Waals surface area contributed by atoms with Crippen molar-refractivity contribution in [1.82, 2.24) is 4.98 Å². The molecule has 0 aromatic carbocycles. The van der Waals surface area contributed by atoms with Crippen molar-refractivity contribution < 1.29 is 4.21 Å². The number of rotatable bonds is 7. The van der Waals surface area contributed by atoms with Crippen molar-refractivity contribution in [2.24, 2.45) is 4.99 Å². The molecular formula is C12H18N2OS3. The molecule has 1 rings (SSSR count). The van der Waals surface area contributed by atoms with E-state index in [-0.39, 0.29) is 0 Å². The Morgan fingerprint density at radius 3 is 3.06 bits per heavy atom. The molecule has 0 saturated heterocycles. The van der Waals surface area contributed by atoms with Gasteiger partial charge in [-0.3, -0.25) is 4.21 Å². The molecule has 0 amide bonds. The summed E-state index contributed by atoms with van der Waals surface area (Å²) in [5.41, 5.74) is 0.675. The van der Waals surface area contributed by atoms with E-state index in [1.165, 1.54) is 23.1 Å². The highest BCUT2D eigenvalue weighted by Crippen LogP contribution is 2.18. The first-order valence-electron chi connectivity index (χ1n) is 5.75. The van der Waals surface area contributed by atoms with Crippen molar-refractivity contribution in [2.75, 3.05) is 10.8 Å². The van der Waals surface area contributed by atoms with E-state index in [1.54, 1.807) is 6.20 Å². The fraction of sp³-hybridized carbons (Fsp3) is 0.500. The third-order valence-corrected chi connectivity index (χ3v) is 5.69. The maximum absolute atomic E-state index is 11.6. The Morgan fingerprint density at radius 1 is 1.67 bits per heavy atom. The monoisotopic (exact) mass is 302 g/mol. The zero-order chi connectivity index (χ0) is 13.4. The van der Waals surface area contributed by atoms with Crippen LogP contribution in [-0.4, -0.2) is 25.1 Å². The quantitative estimate of drug-likeness (QED) is 0.569. The fourth-order valence-electron chi connectivity index (χ4n) is 1.15. The smallest absolute Gasteiger partial charge is 0.141 e. The van der Waals surface area contributed by atoms with Gasteiger partial charge in [0.05, 0.1) is 15.8 Å². The zero-order valence-electron chi connectivity index (χ0n) is 10.7. The van der Waals surface area contributed by atoms with Crippen LogP contribution in [0.4, 0.5) is 0 Å². The van der Waals surface area contributed by atoms with Gasteiger partial charge in [0.2, 0.25) is 0 Å². The number of aliphatic imine (C=N–C) groups is 1. The van der Waals surface area contributed by atoms with Crippen LogP contribution in [0.1, 0.15) is 31.7 Å². The molecule has 0 saturated carbocycles. The molecule has 0 spiro atoms. The number of hydrogen-bond acceptors (Lipinski definition) is 5. The third kappa shape index (κ3) is 5.93. The number of hydrogen-bond donors (Lipinski definition) is 0. The molecule has 0 aliphatic carbocycles. The Balaban J connectivity index is 2.38. The van der Waals surface area contributed by atoms with Gasteiger partial charge in [-0.2, -0.15) is 0 Å². The van der Waals surface area contributed by atoms with E-state index >= 15 is 0 Å². The van der Waals surface area contributed by atoms with Crippen LogP contribution in [0.3, 0.4) is 0 Å². The van der Waals surface area contributed by atoms with Crippen molar-refractivity contribution >= 4 is 44.6 Å². The van der Waals surface area contributed by atoms with E-state index in [2.05, 4.69) is 23.5 Å². The maximum atomic E-state index is 11.6. The first kappa shape index (κ1) is 15.6. The van der Waals surface area contributed by atoms with Gasteiger partial charge < -0.3 is 0 Å². The summed E-state index contributed by atoms with van der Waals surface area (Å²) in [5, 5.41) is 4.24. The highest BCUT2D eigenvalue weighted by Gasteiger charge is 2.03. The van der Waals surface area contributed by atoms with Gasteiger partial charge in [-0.25, -0.2) is 9.98 Å². The van der Waals surface area contributed by atoms with E-state index in [4.69, 9.17) is 0 Å². The summed E-state index contributed by atoms with van der Waals surface area (Å²) in [6, 6.07) is 0. The number of thiazole rings is 1. The minimum Gasteiger partial charge on any atom is -0.259 e. The summed E-state index contributed by atoms with van der Waals surface area (Å²) in [7, 11) is -0.753. The number of nitrogens with zero attached hydrogens (tertiary/aromatic N) is 2. The molecule has 0 aliphatic rings. The SMILES string of the molecule is C=C(N=C(C)SCS(=O)CCCC)c1nccs1. The molecule has 0 aliphatic heterocycles. The molecule has 1 aromatic heterocycles. The highest BCUT2D eigenvalue weighted by atomic mass is 32.2. The van der Waals surface area contributed by atoms with Gasteiger partial charge >= 0.3 is 0 Å². The van der Waals surface area contributed by atoms with Gasteiger partial charge in [-0.1, -0.05) is 31.7 Å². The molecule has 1 aromatic rings. The Kier molecular flexibility index (Phi) is 7.46. The van der Waals surface area contributed by atoms with E-state index in [9.17, 15) is 4.21 Å². The molecule has 1 unspecified atom stereocenters. The molecule has 6 heteroatoms. The molecule has 1 atom stereocenters. The first-order chi connectivity index (χ1) is 8.63. The summed E-state index contributed by atoms with van der Waals surface area (Å²) in [6.45, 7) is 7.91. The summed E-state index contributed by atoms with van der Waals surface area (Å²) < 4.78 is 11.6. The van der Waals surface area contributed by atoms with Crippen molar-refractivity contribution in [3.05, 3.63) is 23.2 Å². The Hall–Kier alpha value is -0.460. The normalized spacial score (nSPS) is 13.6. The lowest BCUT2D eigenvalue weighted by Gasteiger charge is -2.02. The second kappa shape index (κ2) is 8.61. The first-order valence-corrected chi connectivity index (χ1v) is 9.10. The van der Waals surface area contributed by atoms with Crippen LogP contribution < -0.4 is 0 Å². The van der Waals surface area contributed by atoms with Crippen molar-refractivity contribution in [3.63, 3.8) is 0 Å². The maximum Gasteiger partial charge on any atom is 0.141 e. The minimum absolute atomic E-state index is 0.612. The van der Waals surface area contributed by atoms with Crippen molar-refractivity contribution in [2.45, 2.75) is 26.7 Å². The number of aromatic nitrogens is 1. The van der Waals surface area contributed by atoms with Crippen LogP contribution in [0, 0.1) is 0 Å². The van der Waals surface area contributed by atoms with E-state index in [0.29, 0.717) is 10.8 Å². The van der Waals surface area contributed by atoms with Crippen LogP contribution in [0.15, 0.2) is 23.1 Å². The average Bonchev–Trinajstić information content (AvgIpc) is 2.87. The lowest BCUT2D eigenvalue weighted by atomic mass is 10.4. The van der Waals surface area contributed by atoms with E-state index in [1.807, 2.05) is 12.3 Å². The largest absolute Gasteiger partial charge is 0.259 e. The third-order valence-electron chi connectivity index (χ3n) is 2.10. The zero-order valence-corrected chi connectivity index (χ0v) is 13.2. The Morgan fingerprint density at radius 2 is 2.44 bits per heavy atom. The van der Waals surface area contributed by atoms with Gasteiger partial charge in [0.25, 0.3) is 0 Å². The van der Waals surface area contributed by atoms with Crippen LogP contribution in [0.25, 0.3) is 5.70 Å². The summed E-state index contributed by atoms with van der Waals surface area (Å²) in [6.07, 6.45) is 3.85. The predicted molar refractivity (Wildman–Crippen MR) is 84.6 cm³/mol. The van der Waals surface area contributed by atoms with Gasteiger partial charge in [0.15, 0.2) is 0 Å². The summed E-state index contributed by atoms with van der Waals surface area (Å²) >= 11 is 3.05. The van der Waals surface area contributed by atoms with Crippen LogP contribution in [0.2, 0.25) is 0 Å². The summed E-state index contributed by atoms with van der Waals surface area (Å²) in [4.78, 5) is 8.52. The van der Waals surface area contributed by atoms with Crippen LogP contribution in [-0.2, 0) is 10.8 Å². The predicted octanol–water partition coefficient (Wildman–Crippen LogP) is 3.77. The molecule has 0 fully saturated rings. The van der Waals surface area contributed by atoms with Gasteiger partial charge in [0.1, 0.15) is 5.01 Å². The molecule has 0 radical (unpaired) electrons. The van der Waals surface area contributed by atoms with Gasteiger partial charge in [-0.15, -0.1) is 11.3 Å². The van der Waals surface area contributed by atoms with Crippen LogP contribution in [0.5, 0.6) is 0 Å². The Labute approximate surface area is 119 Å². The minimum atomic E-state index is -0.753. The van der Waals surface area contributed by atoms with Gasteiger partial charge in [-0.05, 0) is 13.3 Å². The molecule has 1 heterocycles. The molecule has 0 N–H and O–H groups in total. The van der Waals surface area contributed by atoms with E-state index in [0.717, 1.165) is 28.6 Å². The molecule has 0 bridgehead atoms. The molecular weight excluding hydrogens is 284 g/mol. The summed E-state index contributed by atoms with van der Waals surface area (Å²) in [5.74, 6) is 0.782. The topological polar surface area (TPSA) is 42.3 Å². The standard InChI is InChI=1S/C12H18N2OS3/c1-4-5-8-18(15)9-17-11(3)14-10(2)12-13-6-7-16-12/h6-7H,2,4-5,8-9H2,1,3H3. The second-order valence-corrected chi connectivity index (χ2v) is 7.68. The second-order valence-electron chi connectivity index (χ2n) is 3.67. The van der Waals surface area contributed by atoms with Crippen molar-refractivity contribution in [3.8, 4) is 0 Å².